The van der Waals surface area contributed by atoms with Crippen LogP contribution >= 0.6 is 0 Å². The van der Waals surface area contributed by atoms with E-state index in [1.54, 1.807) is 7.05 Å². The number of nitrogens with zero attached hydrogens (tertiary/aromatic N) is 2. The highest BCUT2D eigenvalue weighted by Gasteiger charge is 2.20. The number of amides is 2. The van der Waals surface area contributed by atoms with E-state index < -0.39 is 0 Å². The first-order valence-corrected chi connectivity index (χ1v) is 7.02. The molecule has 5 nitrogen and oxygen atoms in total. The van der Waals surface area contributed by atoms with Gasteiger partial charge in [0, 0.05) is 56.9 Å². The van der Waals surface area contributed by atoms with Crippen LogP contribution in [0.1, 0.15) is 5.56 Å². The van der Waals surface area contributed by atoms with Gasteiger partial charge in [-0.15, -0.1) is 0 Å². The van der Waals surface area contributed by atoms with Gasteiger partial charge in [-0.2, -0.15) is 0 Å². The van der Waals surface area contributed by atoms with Gasteiger partial charge in [-0.05, 0) is 11.6 Å². The molecule has 5 heteroatoms. The number of carbonyl (C=O) groups is 1. The second kappa shape index (κ2) is 5.54. The number of H-pyrrole nitrogens is 1. The van der Waals surface area contributed by atoms with E-state index in [1.807, 2.05) is 11.0 Å². The Balaban J connectivity index is 1.64. The van der Waals surface area contributed by atoms with Crippen LogP contribution in [0, 0.1) is 0 Å². The molecule has 0 saturated carbocycles. The van der Waals surface area contributed by atoms with Gasteiger partial charge in [0.1, 0.15) is 0 Å². The maximum Gasteiger partial charge on any atom is 0.317 e. The Morgan fingerprint density at radius 2 is 2.00 bits per heavy atom. The summed E-state index contributed by atoms with van der Waals surface area (Å²) in [6.45, 7) is 4.37. The van der Waals surface area contributed by atoms with Gasteiger partial charge >= 0.3 is 6.03 Å². The van der Waals surface area contributed by atoms with Crippen LogP contribution in [-0.4, -0.2) is 54.0 Å². The van der Waals surface area contributed by atoms with Crippen LogP contribution in [0.25, 0.3) is 10.9 Å². The zero-order valence-corrected chi connectivity index (χ0v) is 11.7. The lowest BCUT2D eigenvalue weighted by atomic mass is 10.1. The zero-order valence-electron chi connectivity index (χ0n) is 11.7. The van der Waals surface area contributed by atoms with E-state index >= 15 is 0 Å². The molecule has 1 aromatic carbocycles. The van der Waals surface area contributed by atoms with E-state index in [0.717, 1.165) is 32.7 Å². The van der Waals surface area contributed by atoms with Crippen molar-refractivity contribution in [2.45, 2.75) is 6.54 Å². The SMILES string of the molecule is CNC(=O)N1CCN(Cc2c[nH]c3ccccc23)CC1. The van der Waals surface area contributed by atoms with E-state index in [0.29, 0.717) is 0 Å². The van der Waals surface area contributed by atoms with Gasteiger partial charge in [0.2, 0.25) is 0 Å². The molecule has 0 atom stereocenters. The van der Waals surface area contributed by atoms with E-state index in [-0.39, 0.29) is 6.03 Å². The Morgan fingerprint density at radius 1 is 1.25 bits per heavy atom. The molecular weight excluding hydrogens is 252 g/mol. The number of fused-ring (bicyclic) bond motifs is 1. The third kappa shape index (κ3) is 2.49. The minimum atomic E-state index is 0.0248. The van der Waals surface area contributed by atoms with Crippen molar-refractivity contribution >= 4 is 16.9 Å². The fourth-order valence-electron chi connectivity index (χ4n) is 2.77. The van der Waals surface area contributed by atoms with E-state index in [4.69, 9.17) is 0 Å². The highest BCUT2D eigenvalue weighted by molar-refractivity contribution is 5.83. The number of hydrogen-bond acceptors (Lipinski definition) is 2. The fourth-order valence-corrected chi connectivity index (χ4v) is 2.77. The standard InChI is InChI=1S/C15H20N4O/c1-16-15(20)19-8-6-18(7-9-19)11-12-10-17-14-5-3-2-4-13(12)14/h2-5,10,17H,6-9,11H2,1H3,(H,16,20). The smallest absolute Gasteiger partial charge is 0.317 e. The number of carbonyl (C=O) groups excluding carboxylic acids is 1. The molecule has 2 heterocycles. The number of benzene rings is 1. The van der Waals surface area contributed by atoms with Crippen LogP contribution in [0.3, 0.4) is 0 Å². The lowest BCUT2D eigenvalue weighted by molar-refractivity contribution is 0.137. The number of hydrogen-bond donors (Lipinski definition) is 2. The zero-order chi connectivity index (χ0) is 13.9. The summed E-state index contributed by atoms with van der Waals surface area (Å²) in [7, 11) is 1.68. The Bertz CT molecular complexity index is 599. The van der Waals surface area contributed by atoms with Gasteiger partial charge < -0.3 is 15.2 Å². The lowest BCUT2D eigenvalue weighted by Gasteiger charge is -2.34. The Kier molecular flexibility index (Phi) is 3.60. The second-order valence-corrected chi connectivity index (χ2v) is 5.18. The first kappa shape index (κ1) is 13.0. The van der Waals surface area contributed by atoms with E-state index in [9.17, 15) is 4.79 Å². The molecule has 0 aliphatic carbocycles. The molecule has 1 aliphatic rings. The summed E-state index contributed by atoms with van der Waals surface area (Å²) >= 11 is 0. The van der Waals surface area contributed by atoms with Crippen molar-refractivity contribution < 1.29 is 4.79 Å². The van der Waals surface area contributed by atoms with Crippen LogP contribution in [0.15, 0.2) is 30.5 Å². The monoisotopic (exact) mass is 272 g/mol. The van der Waals surface area contributed by atoms with Crippen molar-refractivity contribution in [1.82, 2.24) is 20.1 Å². The number of aromatic nitrogens is 1. The molecule has 2 N–H and O–H groups in total. The Labute approximate surface area is 118 Å². The van der Waals surface area contributed by atoms with Crippen molar-refractivity contribution in [1.29, 1.82) is 0 Å². The molecule has 0 unspecified atom stereocenters. The van der Waals surface area contributed by atoms with Gasteiger partial charge in [0.05, 0.1) is 0 Å². The normalized spacial score (nSPS) is 16.6. The van der Waals surface area contributed by atoms with Gasteiger partial charge in [-0.25, -0.2) is 4.79 Å². The molecule has 1 aliphatic heterocycles. The molecule has 2 amide bonds. The van der Waals surface area contributed by atoms with Gasteiger partial charge in [0.25, 0.3) is 0 Å². The first-order chi connectivity index (χ1) is 9.78. The summed E-state index contributed by atoms with van der Waals surface area (Å²) < 4.78 is 0. The highest BCUT2D eigenvalue weighted by atomic mass is 16.2. The van der Waals surface area contributed by atoms with Gasteiger partial charge in [-0.1, -0.05) is 18.2 Å². The molecular formula is C15H20N4O. The van der Waals surface area contributed by atoms with E-state index in [1.165, 1.54) is 16.5 Å². The van der Waals surface area contributed by atoms with Crippen LogP contribution in [0.4, 0.5) is 4.79 Å². The largest absolute Gasteiger partial charge is 0.361 e. The van der Waals surface area contributed by atoms with Crippen molar-refractivity contribution in [3.8, 4) is 0 Å². The summed E-state index contributed by atoms with van der Waals surface area (Å²) in [6.07, 6.45) is 2.09. The predicted octanol–water partition coefficient (Wildman–Crippen LogP) is 1.62. The average Bonchev–Trinajstić information content (AvgIpc) is 2.91. The number of piperazine rings is 1. The predicted molar refractivity (Wildman–Crippen MR) is 79.6 cm³/mol. The highest BCUT2D eigenvalue weighted by Crippen LogP contribution is 2.19. The molecule has 3 rings (SSSR count). The maximum absolute atomic E-state index is 11.6. The second-order valence-electron chi connectivity index (χ2n) is 5.18. The summed E-state index contributed by atoms with van der Waals surface area (Å²) in [5, 5.41) is 3.98. The summed E-state index contributed by atoms with van der Waals surface area (Å²) in [5.74, 6) is 0. The van der Waals surface area contributed by atoms with Crippen molar-refractivity contribution in [2.75, 3.05) is 33.2 Å². The molecule has 0 radical (unpaired) electrons. The molecule has 1 saturated heterocycles. The van der Waals surface area contributed by atoms with Crippen molar-refractivity contribution in [3.63, 3.8) is 0 Å². The average molecular weight is 272 g/mol. The van der Waals surface area contributed by atoms with Crippen LogP contribution < -0.4 is 5.32 Å². The third-order valence-electron chi connectivity index (χ3n) is 3.94. The first-order valence-electron chi connectivity index (χ1n) is 7.02. The number of para-hydroxylation sites is 1. The fraction of sp³-hybridized carbons (Fsp3) is 0.400. The van der Waals surface area contributed by atoms with Crippen LogP contribution in [0.2, 0.25) is 0 Å². The third-order valence-corrected chi connectivity index (χ3v) is 3.94. The quantitative estimate of drug-likeness (QED) is 0.873. The minimum absolute atomic E-state index is 0.0248. The lowest BCUT2D eigenvalue weighted by Crippen LogP contribution is -2.50. The maximum atomic E-state index is 11.6. The molecule has 106 valence electrons. The van der Waals surface area contributed by atoms with Crippen molar-refractivity contribution in [2.24, 2.45) is 0 Å². The molecule has 0 bridgehead atoms. The number of rotatable bonds is 2. The summed E-state index contributed by atoms with van der Waals surface area (Å²) in [5.41, 5.74) is 2.51. The molecule has 1 fully saturated rings. The number of nitrogens with one attached hydrogen (secondary N) is 2. The number of aromatic amines is 1. The molecule has 1 aromatic heterocycles. The van der Waals surface area contributed by atoms with Crippen LogP contribution in [0.5, 0.6) is 0 Å². The Morgan fingerprint density at radius 3 is 2.75 bits per heavy atom. The minimum Gasteiger partial charge on any atom is -0.361 e. The summed E-state index contributed by atoms with van der Waals surface area (Å²) in [6, 6.07) is 8.40. The molecule has 2 aromatic rings. The number of urea groups is 1. The van der Waals surface area contributed by atoms with E-state index in [2.05, 4.69) is 39.6 Å². The molecule has 20 heavy (non-hydrogen) atoms. The van der Waals surface area contributed by atoms with Crippen LogP contribution in [-0.2, 0) is 6.54 Å². The van der Waals surface area contributed by atoms with Crippen molar-refractivity contribution in [3.05, 3.63) is 36.0 Å². The summed E-state index contributed by atoms with van der Waals surface area (Å²) in [4.78, 5) is 19.1. The Hall–Kier alpha value is -2.01. The van der Waals surface area contributed by atoms with Gasteiger partial charge in [0.15, 0.2) is 0 Å². The topological polar surface area (TPSA) is 51.4 Å². The molecule has 0 spiro atoms. The van der Waals surface area contributed by atoms with Gasteiger partial charge in [-0.3, -0.25) is 4.90 Å².